The molecule has 13 heteroatoms. The van der Waals surface area contributed by atoms with E-state index in [1.165, 1.54) is 12.8 Å². The lowest BCUT2D eigenvalue weighted by atomic mass is 10.2. The van der Waals surface area contributed by atoms with Gasteiger partial charge in [0.1, 0.15) is 38.9 Å². The predicted molar refractivity (Wildman–Crippen MR) is 150 cm³/mol. The van der Waals surface area contributed by atoms with Crippen molar-refractivity contribution in [3.8, 4) is 0 Å². The quantitative estimate of drug-likeness (QED) is 0.0546. The average molecular weight is 559 g/mol. The highest BCUT2D eigenvalue weighted by Gasteiger charge is 1.89. The van der Waals surface area contributed by atoms with Crippen LogP contribution in [0.4, 0.5) is 0 Å². The fraction of sp³-hybridized carbons (Fsp3) is 0.880. The largest absolute Gasteiger partial charge is 0.378 e. The Morgan fingerprint density at radius 2 is 1.11 bits per heavy atom. The highest BCUT2D eigenvalue weighted by molar-refractivity contribution is 5.50. The minimum absolute atomic E-state index is 0.162. The Bertz CT molecular complexity index is 372. The molecule has 0 aliphatic carbocycles. The van der Waals surface area contributed by atoms with E-state index in [0.717, 1.165) is 44.9 Å². The standard InChI is InChI=1S/2C7H15NO3.C5H11NO.C5H13N.CH4O2/c2*1-8-2-4-10-6-7-11-5-3-9;1-5(6)3-2-4-7;1-3-4-5-6-2;2-1-3/h2*3,8H,2,4-7H2,1H3;4-5H,2-3,6H2,1H3;6H,3-5H2,1-2H3;2-3H,1H2/t;;5-;;/m..1../s1. The van der Waals surface area contributed by atoms with E-state index in [4.69, 9.17) is 34.9 Å². The highest BCUT2D eigenvalue weighted by atomic mass is 16.5. The smallest absolute Gasteiger partial charge is 0.145 e. The number of nitrogens with two attached hydrogens (primary N) is 1. The number of unbranched alkanes of at least 4 members (excludes halogenated alkanes) is 1. The van der Waals surface area contributed by atoms with E-state index in [-0.39, 0.29) is 19.3 Å². The zero-order chi connectivity index (χ0) is 30.0. The first-order valence-electron chi connectivity index (χ1n) is 13.0. The van der Waals surface area contributed by atoms with Crippen molar-refractivity contribution in [2.24, 2.45) is 5.73 Å². The Balaban J connectivity index is -0.000000126. The maximum Gasteiger partial charge on any atom is 0.145 e. The first-order valence-corrected chi connectivity index (χ1v) is 13.0. The number of nitrogens with one attached hydrogen (secondary N) is 3. The van der Waals surface area contributed by atoms with Crippen molar-refractivity contribution >= 4 is 18.9 Å². The first kappa shape index (κ1) is 46.5. The van der Waals surface area contributed by atoms with E-state index in [2.05, 4.69) is 22.9 Å². The molecule has 0 saturated carbocycles. The third-order valence-electron chi connectivity index (χ3n) is 3.63. The number of carbonyl (C=O) groups excluding carboxylic acids is 3. The summed E-state index contributed by atoms with van der Waals surface area (Å²) in [6, 6.07) is 0.171. The summed E-state index contributed by atoms with van der Waals surface area (Å²) in [6.45, 7) is 9.95. The molecule has 0 spiro atoms. The Hall–Kier alpha value is -1.39. The van der Waals surface area contributed by atoms with Gasteiger partial charge in [0.25, 0.3) is 0 Å². The van der Waals surface area contributed by atoms with Gasteiger partial charge in [-0.15, -0.1) is 0 Å². The summed E-state index contributed by atoms with van der Waals surface area (Å²) in [6.07, 6.45) is 6.35. The molecular weight excluding hydrogens is 500 g/mol. The molecule has 0 aromatic heterocycles. The van der Waals surface area contributed by atoms with E-state index >= 15 is 0 Å². The summed E-state index contributed by atoms with van der Waals surface area (Å²) in [5, 5.41) is 23.2. The fourth-order valence-corrected chi connectivity index (χ4v) is 1.74. The lowest BCUT2D eigenvalue weighted by molar-refractivity contribution is -0.113. The molecule has 0 rings (SSSR count). The highest BCUT2D eigenvalue weighted by Crippen LogP contribution is 1.87. The maximum atomic E-state index is 9.76. The van der Waals surface area contributed by atoms with Gasteiger partial charge in [0.2, 0.25) is 0 Å². The lowest BCUT2D eigenvalue weighted by Crippen LogP contribution is -2.16. The Morgan fingerprint density at radius 1 is 0.711 bits per heavy atom. The van der Waals surface area contributed by atoms with E-state index in [1.54, 1.807) is 0 Å². The molecule has 38 heavy (non-hydrogen) atoms. The van der Waals surface area contributed by atoms with Crippen LogP contribution in [-0.2, 0) is 33.3 Å². The minimum atomic E-state index is -0.750. The van der Waals surface area contributed by atoms with Crippen molar-refractivity contribution in [3.05, 3.63) is 0 Å². The van der Waals surface area contributed by atoms with Crippen LogP contribution in [0.3, 0.4) is 0 Å². The summed E-state index contributed by atoms with van der Waals surface area (Å²) >= 11 is 0. The van der Waals surface area contributed by atoms with Crippen LogP contribution in [0.5, 0.6) is 0 Å². The van der Waals surface area contributed by atoms with Gasteiger partial charge in [0.05, 0.1) is 39.6 Å². The second kappa shape index (κ2) is 56.0. The molecule has 0 aliphatic heterocycles. The van der Waals surface area contributed by atoms with Gasteiger partial charge in [0, 0.05) is 25.6 Å². The summed E-state index contributed by atoms with van der Waals surface area (Å²) < 4.78 is 19.9. The Labute approximate surface area is 230 Å². The number of aliphatic hydroxyl groups excluding tert-OH is 1. The molecule has 0 amide bonds. The van der Waals surface area contributed by atoms with Crippen LogP contribution < -0.4 is 21.7 Å². The molecule has 232 valence electrons. The van der Waals surface area contributed by atoms with Gasteiger partial charge in [-0.3, -0.25) is 0 Å². The minimum Gasteiger partial charge on any atom is -0.378 e. The van der Waals surface area contributed by atoms with E-state index in [0.29, 0.717) is 46.1 Å². The molecule has 0 aliphatic rings. The number of hydrogen-bond acceptors (Lipinski definition) is 13. The van der Waals surface area contributed by atoms with Crippen LogP contribution in [0.15, 0.2) is 0 Å². The third-order valence-corrected chi connectivity index (χ3v) is 3.63. The second-order valence-electron chi connectivity index (χ2n) is 7.23. The molecule has 0 aromatic carbocycles. The summed E-state index contributed by atoms with van der Waals surface area (Å²) in [5.74, 6) is 0. The average Bonchev–Trinajstić information content (AvgIpc) is 2.91. The normalized spacial score (nSPS) is 10.1. The molecule has 0 saturated heterocycles. The lowest BCUT2D eigenvalue weighted by Gasteiger charge is -2.02. The van der Waals surface area contributed by atoms with Gasteiger partial charge in [-0.05, 0) is 47.5 Å². The van der Waals surface area contributed by atoms with E-state index < -0.39 is 6.79 Å². The van der Waals surface area contributed by atoms with Gasteiger partial charge < -0.3 is 65.2 Å². The molecule has 0 fully saturated rings. The maximum absolute atomic E-state index is 9.76. The molecule has 0 unspecified atom stereocenters. The summed E-state index contributed by atoms with van der Waals surface area (Å²) in [5.41, 5.74) is 5.32. The van der Waals surface area contributed by atoms with Crippen molar-refractivity contribution in [1.82, 2.24) is 16.0 Å². The van der Waals surface area contributed by atoms with Crippen molar-refractivity contribution in [2.75, 3.05) is 100 Å². The number of ether oxygens (including phenoxy) is 4. The first-order chi connectivity index (χ1) is 18.4. The van der Waals surface area contributed by atoms with Gasteiger partial charge >= 0.3 is 0 Å². The molecule has 1 atom stereocenters. The monoisotopic (exact) mass is 558 g/mol. The zero-order valence-electron chi connectivity index (χ0n) is 24.5. The van der Waals surface area contributed by atoms with Gasteiger partial charge in [-0.25, -0.2) is 0 Å². The van der Waals surface area contributed by atoms with Gasteiger partial charge in [0.15, 0.2) is 0 Å². The molecule has 0 heterocycles. The van der Waals surface area contributed by atoms with Gasteiger partial charge in [-0.2, -0.15) is 0 Å². The summed E-state index contributed by atoms with van der Waals surface area (Å²) in [4.78, 5) is 29.2. The number of rotatable bonds is 22. The van der Waals surface area contributed by atoms with E-state index in [1.807, 2.05) is 28.1 Å². The van der Waals surface area contributed by atoms with Crippen molar-refractivity contribution in [3.63, 3.8) is 0 Å². The van der Waals surface area contributed by atoms with Crippen LogP contribution in [0.1, 0.15) is 39.5 Å². The number of hydrogen-bond donors (Lipinski definition) is 6. The van der Waals surface area contributed by atoms with Crippen LogP contribution in [0.25, 0.3) is 0 Å². The zero-order valence-corrected chi connectivity index (χ0v) is 24.5. The van der Waals surface area contributed by atoms with Crippen LogP contribution in [0, 0.1) is 0 Å². The Morgan fingerprint density at radius 3 is 1.34 bits per heavy atom. The van der Waals surface area contributed by atoms with Crippen molar-refractivity contribution in [1.29, 1.82) is 0 Å². The van der Waals surface area contributed by atoms with Crippen LogP contribution in [-0.4, -0.2) is 136 Å². The third kappa shape index (κ3) is 83.7. The second-order valence-corrected chi connectivity index (χ2v) is 7.23. The van der Waals surface area contributed by atoms with Crippen LogP contribution in [0.2, 0.25) is 0 Å². The van der Waals surface area contributed by atoms with Crippen LogP contribution >= 0.6 is 0 Å². The molecule has 0 radical (unpaired) electrons. The number of carbonyl (C=O) groups is 3. The molecule has 13 nitrogen and oxygen atoms in total. The number of likely N-dealkylation sites (N-methyl/N-ethyl adjacent to an activating group) is 2. The number of aliphatic hydroxyl groups is 2. The fourth-order valence-electron chi connectivity index (χ4n) is 1.74. The Kier molecular flexibility index (Phi) is 68.4. The van der Waals surface area contributed by atoms with Gasteiger partial charge in [-0.1, -0.05) is 13.3 Å². The molecular formula is C25H58N4O9. The molecule has 0 bridgehead atoms. The molecule has 0 aromatic rings. The van der Waals surface area contributed by atoms with Crippen molar-refractivity contribution in [2.45, 2.75) is 45.6 Å². The predicted octanol–water partition coefficient (Wildman–Crippen LogP) is -0.877. The van der Waals surface area contributed by atoms with E-state index in [9.17, 15) is 14.4 Å². The summed E-state index contributed by atoms with van der Waals surface area (Å²) in [7, 11) is 5.72. The topological polar surface area (TPSA) is 191 Å². The molecule has 7 N–H and O–H groups in total. The SMILES string of the molecule is CCCCNC.CNCCOCCOCC=O.CNCCOCCOCC=O.C[C@@H](N)CCC=O.OCO. The van der Waals surface area contributed by atoms with Crippen molar-refractivity contribution < 1.29 is 43.5 Å². The number of aldehydes is 3.